The molecule has 0 aromatic carbocycles. The van der Waals surface area contributed by atoms with Gasteiger partial charge in [0.15, 0.2) is 5.71 Å². The molecule has 0 atom stereocenters. The largest absolute Gasteiger partial charge is 0.515 e. The summed E-state index contributed by atoms with van der Waals surface area (Å²) < 4.78 is 10.7. The molecular weight excluding hydrogens is 238 g/mol. The van der Waals surface area contributed by atoms with Crippen LogP contribution in [0.1, 0.15) is 13.3 Å². The van der Waals surface area contributed by atoms with E-state index in [1.807, 2.05) is 46.2 Å². The first-order chi connectivity index (χ1) is 7.05. The second-order valence-corrected chi connectivity index (χ2v) is 14.4. The van der Waals surface area contributed by atoms with Crippen molar-refractivity contribution in [3.63, 3.8) is 0 Å². The fraction of sp³-hybridized carbons (Fsp3) is 0.800. The van der Waals surface area contributed by atoms with Gasteiger partial charge in [-0.15, -0.1) is 0 Å². The van der Waals surface area contributed by atoms with Crippen LogP contribution >= 0.6 is 0 Å². The van der Waals surface area contributed by atoms with Gasteiger partial charge in [-0.05, 0) is 45.7 Å². The van der Waals surface area contributed by atoms with Crippen molar-refractivity contribution in [3.05, 3.63) is 0 Å². The highest BCUT2D eigenvalue weighted by Gasteiger charge is 2.24. The van der Waals surface area contributed by atoms with Crippen molar-refractivity contribution in [2.45, 2.75) is 52.6 Å². The molecule has 0 aliphatic rings. The van der Waals surface area contributed by atoms with Crippen LogP contribution in [0.3, 0.4) is 0 Å². The lowest BCUT2D eigenvalue weighted by Crippen LogP contribution is -2.33. The van der Waals surface area contributed by atoms with Crippen LogP contribution in [-0.4, -0.2) is 28.3 Å². The lowest BCUT2D eigenvalue weighted by atomic mass is 10.3. The molecule has 0 fully saturated rings. The molecule has 6 heteroatoms. The van der Waals surface area contributed by atoms with Crippen molar-refractivity contribution < 1.29 is 13.7 Å². The van der Waals surface area contributed by atoms with Crippen LogP contribution in [0.5, 0.6) is 0 Å². The van der Waals surface area contributed by atoms with Gasteiger partial charge in [0.2, 0.25) is 8.32 Å². The Morgan fingerprint density at radius 2 is 1.56 bits per heavy atom. The molecule has 94 valence electrons. The van der Waals surface area contributed by atoms with Crippen molar-refractivity contribution in [1.82, 2.24) is 0 Å². The maximum absolute atomic E-state index is 11.7. The van der Waals surface area contributed by atoms with Crippen molar-refractivity contribution >= 4 is 28.3 Å². The molecule has 16 heavy (non-hydrogen) atoms. The Labute approximate surface area is 100 Å². The summed E-state index contributed by atoms with van der Waals surface area (Å²) in [4.78, 5) is 11.7. The molecule has 0 aromatic rings. The highest BCUT2D eigenvalue weighted by atomic mass is 28.4. The molecule has 0 aromatic heterocycles. The summed E-state index contributed by atoms with van der Waals surface area (Å²) in [5, 5.41) is 3.92. The van der Waals surface area contributed by atoms with Crippen LogP contribution in [0, 0.1) is 0 Å². The smallest absolute Gasteiger partial charge is 0.342 e. The minimum absolute atomic E-state index is 0.333. The summed E-state index contributed by atoms with van der Waals surface area (Å²) in [5.41, 5.74) is 0.379. The zero-order valence-electron chi connectivity index (χ0n) is 11.4. The summed E-state index contributed by atoms with van der Waals surface area (Å²) in [6, 6.07) is 0. The predicted molar refractivity (Wildman–Crippen MR) is 71.6 cm³/mol. The first-order valence-corrected chi connectivity index (χ1v) is 12.3. The van der Waals surface area contributed by atoms with Crippen LogP contribution in [0.25, 0.3) is 0 Å². The molecule has 0 N–H and O–H groups in total. The third-order valence-corrected chi connectivity index (χ3v) is 2.84. The van der Waals surface area contributed by atoms with Crippen LogP contribution in [0.2, 0.25) is 39.3 Å². The van der Waals surface area contributed by atoms with E-state index >= 15 is 0 Å². The second-order valence-electron chi connectivity index (χ2n) is 5.60. The number of carbonyl (C=O) groups is 1. The molecule has 0 rings (SSSR count). The van der Waals surface area contributed by atoms with Gasteiger partial charge in [-0.3, -0.25) is 0 Å². The SMILES string of the molecule is CCC(=NO[Si](C)(C)C)C(=O)O[Si](C)(C)C. The molecule has 0 saturated heterocycles. The molecule has 0 unspecified atom stereocenters. The first-order valence-electron chi connectivity index (χ1n) is 5.53. The van der Waals surface area contributed by atoms with E-state index in [1.54, 1.807) is 0 Å². The van der Waals surface area contributed by atoms with Gasteiger partial charge in [0.25, 0.3) is 8.32 Å². The Hall–Kier alpha value is -0.626. The second kappa shape index (κ2) is 5.63. The van der Waals surface area contributed by atoms with Crippen LogP contribution in [0.15, 0.2) is 5.16 Å². The third kappa shape index (κ3) is 7.64. The Morgan fingerprint density at radius 1 is 1.06 bits per heavy atom. The molecule has 0 aliphatic carbocycles. The lowest BCUT2D eigenvalue weighted by Gasteiger charge is -2.18. The van der Waals surface area contributed by atoms with E-state index in [0.29, 0.717) is 12.1 Å². The molecule has 0 heterocycles. The van der Waals surface area contributed by atoms with Gasteiger partial charge in [0.05, 0.1) is 0 Å². The zero-order chi connectivity index (χ0) is 13.0. The Morgan fingerprint density at radius 3 is 1.88 bits per heavy atom. The minimum Gasteiger partial charge on any atom is -0.515 e. The minimum atomic E-state index is -1.85. The number of carbonyl (C=O) groups excluding carboxylic acids is 1. The highest BCUT2D eigenvalue weighted by Crippen LogP contribution is 2.07. The Balaban J connectivity index is 4.56. The zero-order valence-corrected chi connectivity index (χ0v) is 13.4. The van der Waals surface area contributed by atoms with Crippen molar-refractivity contribution in [1.29, 1.82) is 0 Å². The van der Waals surface area contributed by atoms with Crippen LogP contribution in [0.4, 0.5) is 0 Å². The highest BCUT2D eigenvalue weighted by molar-refractivity contribution is 6.72. The number of rotatable bonds is 5. The summed E-state index contributed by atoms with van der Waals surface area (Å²) in [6.07, 6.45) is 0.536. The van der Waals surface area contributed by atoms with Gasteiger partial charge in [0, 0.05) is 0 Å². The average Bonchev–Trinajstić information content (AvgIpc) is 1.99. The maximum Gasteiger partial charge on any atom is 0.342 e. The maximum atomic E-state index is 11.7. The quantitative estimate of drug-likeness (QED) is 0.434. The van der Waals surface area contributed by atoms with Gasteiger partial charge in [-0.25, -0.2) is 4.79 Å². The van der Waals surface area contributed by atoms with Gasteiger partial charge in [-0.2, -0.15) is 0 Å². The van der Waals surface area contributed by atoms with Crippen LogP contribution in [-0.2, 0) is 13.7 Å². The van der Waals surface area contributed by atoms with E-state index in [-0.39, 0.29) is 5.97 Å². The number of hydrogen-bond acceptors (Lipinski definition) is 4. The van der Waals surface area contributed by atoms with Gasteiger partial charge in [-0.1, -0.05) is 12.1 Å². The van der Waals surface area contributed by atoms with Crippen molar-refractivity contribution in [2.24, 2.45) is 5.16 Å². The fourth-order valence-corrected chi connectivity index (χ4v) is 1.83. The average molecular weight is 261 g/mol. The van der Waals surface area contributed by atoms with Crippen LogP contribution < -0.4 is 0 Å². The van der Waals surface area contributed by atoms with Gasteiger partial charge < -0.3 is 8.95 Å². The van der Waals surface area contributed by atoms with Gasteiger partial charge in [0.1, 0.15) is 0 Å². The van der Waals surface area contributed by atoms with E-state index < -0.39 is 16.6 Å². The molecular formula is C10H23NO3Si2. The third-order valence-electron chi connectivity index (χ3n) is 1.40. The predicted octanol–water partition coefficient (Wildman–Crippen LogP) is 2.98. The number of nitrogens with zero attached hydrogens (tertiary/aromatic N) is 1. The van der Waals surface area contributed by atoms with Crippen molar-refractivity contribution in [2.75, 3.05) is 0 Å². The van der Waals surface area contributed by atoms with E-state index in [1.165, 1.54) is 0 Å². The standard InChI is InChI=1S/C10H23NO3Si2/c1-8-9(11-14-16(5,6)7)10(12)13-15(2,3)4/h8H2,1-7H3. The normalized spacial score (nSPS) is 13.6. The first kappa shape index (κ1) is 15.4. The lowest BCUT2D eigenvalue weighted by molar-refractivity contribution is -0.127. The molecule has 0 radical (unpaired) electrons. The Bertz CT molecular complexity index is 277. The van der Waals surface area contributed by atoms with E-state index in [9.17, 15) is 4.79 Å². The number of oxime groups is 1. The summed E-state index contributed by atoms with van der Waals surface area (Å²) in [5.74, 6) is -0.333. The topological polar surface area (TPSA) is 47.9 Å². The molecule has 0 bridgehead atoms. The van der Waals surface area contributed by atoms with Gasteiger partial charge >= 0.3 is 5.97 Å². The fourth-order valence-electron chi connectivity index (χ4n) is 0.775. The molecule has 0 aliphatic heterocycles. The van der Waals surface area contributed by atoms with E-state index in [4.69, 9.17) is 8.95 Å². The molecule has 4 nitrogen and oxygen atoms in total. The van der Waals surface area contributed by atoms with E-state index in [0.717, 1.165) is 0 Å². The summed E-state index contributed by atoms with van der Waals surface area (Å²) >= 11 is 0. The van der Waals surface area contributed by atoms with E-state index in [2.05, 4.69) is 5.16 Å². The van der Waals surface area contributed by atoms with Crippen molar-refractivity contribution in [3.8, 4) is 0 Å². The molecule has 0 amide bonds. The molecule has 0 spiro atoms. The summed E-state index contributed by atoms with van der Waals surface area (Å²) in [6.45, 7) is 13.8. The summed E-state index contributed by atoms with van der Waals surface area (Å²) in [7, 11) is -3.57. The Kier molecular flexibility index (Phi) is 5.41. The molecule has 0 saturated carbocycles. The monoisotopic (exact) mass is 261 g/mol. The number of hydrogen-bond donors (Lipinski definition) is 0.